The van der Waals surface area contributed by atoms with Gasteiger partial charge in [-0.3, -0.25) is 19.0 Å². The SMILES string of the molecule is CCOC(=O)c1sc2ncn(CC(=O)c3cc4c(cc3F)NC(=O)CC4)c(=O)c2c1C. The lowest BCUT2D eigenvalue weighted by molar-refractivity contribution is -0.116. The molecule has 1 N–H and O–H groups in total. The van der Waals surface area contributed by atoms with Crippen LogP contribution in [0.15, 0.2) is 23.3 Å². The molecule has 0 saturated heterocycles. The van der Waals surface area contributed by atoms with Crippen LogP contribution < -0.4 is 10.9 Å². The Morgan fingerprint density at radius 2 is 2.06 bits per heavy atom. The van der Waals surface area contributed by atoms with Gasteiger partial charge in [-0.15, -0.1) is 11.3 Å². The van der Waals surface area contributed by atoms with Gasteiger partial charge in [0.05, 0.1) is 30.4 Å². The fourth-order valence-electron chi connectivity index (χ4n) is 3.52. The maximum absolute atomic E-state index is 14.5. The highest BCUT2D eigenvalue weighted by Gasteiger charge is 2.23. The van der Waals surface area contributed by atoms with Crippen LogP contribution in [0.3, 0.4) is 0 Å². The molecule has 3 aromatic rings. The van der Waals surface area contributed by atoms with Crippen LogP contribution >= 0.6 is 11.3 Å². The maximum Gasteiger partial charge on any atom is 0.348 e. The first kappa shape index (κ1) is 20.9. The second kappa shape index (κ2) is 8.03. The van der Waals surface area contributed by atoms with E-state index in [2.05, 4.69) is 10.3 Å². The number of thiophene rings is 1. The Balaban J connectivity index is 1.67. The van der Waals surface area contributed by atoms with Gasteiger partial charge in [0.2, 0.25) is 5.91 Å². The van der Waals surface area contributed by atoms with Gasteiger partial charge in [-0.05, 0) is 43.5 Å². The molecule has 1 aliphatic rings. The highest BCUT2D eigenvalue weighted by atomic mass is 32.1. The second-order valence-corrected chi connectivity index (χ2v) is 8.09. The molecule has 1 aromatic carbocycles. The predicted octanol–water partition coefficient (Wildman–Crippen LogP) is 2.85. The summed E-state index contributed by atoms with van der Waals surface area (Å²) in [6.07, 6.45) is 1.87. The van der Waals surface area contributed by atoms with Crippen molar-refractivity contribution in [3.63, 3.8) is 0 Å². The number of anilines is 1. The van der Waals surface area contributed by atoms with Gasteiger partial charge in [0, 0.05) is 12.1 Å². The first-order valence-corrected chi connectivity index (χ1v) is 10.4. The molecule has 0 bridgehead atoms. The van der Waals surface area contributed by atoms with E-state index in [-0.39, 0.29) is 34.8 Å². The molecule has 8 nitrogen and oxygen atoms in total. The van der Waals surface area contributed by atoms with Crippen molar-refractivity contribution >= 4 is 44.9 Å². The van der Waals surface area contributed by atoms with Crippen LogP contribution in [0.1, 0.15) is 44.5 Å². The summed E-state index contributed by atoms with van der Waals surface area (Å²) in [5, 5.41) is 2.81. The van der Waals surface area contributed by atoms with Gasteiger partial charge in [-0.1, -0.05) is 0 Å². The van der Waals surface area contributed by atoms with Crippen molar-refractivity contribution in [3.05, 3.63) is 56.2 Å². The molecule has 31 heavy (non-hydrogen) atoms. The van der Waals surface area contributed by atoms with E-state index in [1.807, 2.05) is 0 Å². The Kier molecular flexibility index (Phi) is 5.40. The number of esters is 1. The van der Waals surface area contributed by atoms with E-state index in [0.717, 1.165) is 22.0 Å². The minimum absolute atomic E-state index is 0.156. The molecule has 0 saturated carbocycles. The number of carbonyl (C=O) groups is 3. The summed E-state index contributed by atoms with van der Waals surface area (Å²) in [5.41, 5.74) is 0.807. The fourth-order valence-corrected chi connectivity index (χ4v) is 4.55. The molecule has 0 spiro atoms. The van der Waals surface area contributed by atoms with Gasteiger partial charge in [-0.2, -0.15) is 0 Å². The number of halogens is 1. The van der Waals surface area contributed by atoms with E-state index in [1.165, 1.54) is 12.4 Å². The van der Waals surface area contributed by atoms with Gasteiger partial charge in [0.15, 0.2) is 5.78 Å². The molecule has 0 fully saturated rings. The van der Waals surface area contributed by atoms with Crippen LogP contribution in [0, 0.1) is 12.7 Å². The van der Waals surface area contributed by atoms with Gasteiger partial charge >= 0.3 is 5.97 Å². The van der Waals surface area contributed by atoms with Gasteiger partial charge in [-0.25, -0.2) is 14.2 Å². The number of nitrogens with zero attached hydrogens (tertiary/aromatic N) is 2. The molecule has 0 radical (unpaired) electrons. The number of carbonyl (C=O) groups excluding carboxylic acids is 3. The highest BCUT2D eigenvalue weighted by molar-refractivity contribution is 7.20. The van der Waals surface area contributed by atoms with Crippen molar-refractivity contribution in [1.29, 1.82) is 0 Å². The van der Waals surface area contributed by atoms with E-state index in [0.29, 0.717) is 28.1 Å². The zero-order valence-electron chi connectivity index (χ0n) is 16.8. The number of hydrogen-bond acceptors (Lipinski definition) is 7. The van der Waals surface area contributed by atoms with Crippen LogP contribution in [0.25, 0.3) is 10.2 Å². The van der Waals surface area contributed by atoms with E-state index in [4.69, 9.17) is 4.74 Å². The quantitative estimate of drug-likeness (QED) is 0.480. The van der Waals surface area contributed by atoms with Crippen LogP contribution in [-0.4, -0.2) is 33.8 Å². The Morgan fingerprint density at radius 1 is 1.29 bits per heavy atom. The number of rotatable bonds is 5. The van der Waals surface area contributed by atoms with Crippen LogP contribution in [0.5, 0.6) is 0 Å². The molecule has 0 atom stereocenters. The van der Waals surface area contributed by atoms with E-state index in [9.17, 15) is 23.6 Å². The number of fused-ring (bicyclic) bond motifs is 2. The maximum atomic E-state index is 14.5. The third-order valence-electron chi connectivity index (χ3n) is 5.08. The molecular formula is C21H18FN3O5S. The average Bonchev–Trinajstić information content (AvgIpc) is 3.07. The zero-order valence-corrected chi connectivity index (χ0v) is 17.6. The van der Waals surface area contributed by atoms with Gasteiger partial charge in [0.1, 0.15) is 15.5 Å². The number of ether oxygens (including phenoxy) is 1. The number of benzene rings is 1. The highest BCUT2D eigenvalue weighted by Crippen LogP contribution is 2.28. The number of hydrogen-bond donors (Lipinski definition) is 1. The number of aromatic nitrogens is 2. The summed E-state index contributed by atoms with van der Waals surface area (Å²) in [5.74, 6) is -2.11. The molecule has 3 heterocycles. The van der Waals surface area contributed by atoms with E-state index >= 15 is 0 Å². The molecule has 160 valence electrons. The number of nitrogens with one attached hydrogen (secondary N) is 1. The molecule has 4 rings (SSSR count). The Morgan fingerprint density at radius 3 is 2.81 bits per heavy atom. The largest absolute Gasteiger partial charge is 0.462 e. The first-order valence-electron chi connectivity index (χ1n) is 9.61. The van der Waals surface area contributed by atoms with Crippen LogP contribution in [0.4, 0.5) is 10.1 Å². The molecule has 0 unspecified atom stereocenters. The van der Waals surface area contributed by atoms with Crippen molar-refractivity contribution in [3.8, 4) is 0 Å². The lowest BCUT2D eigenvalue weighted by atomic mass is 9.98. The first-order chi connectivity index (χ1) is 14.8. The van der Waals surface area contributed by atoms with Crippen molar-refractivity contribution in [2.24, 2.45) is 0 Å². The minimum Gasteiger partial charge on any atom is -0.462 e. The summed E-state index contributed by atoms with van der Waals surface area (Å²) in [6, 6.07) is 2.54. The molecule has 2 aromatic heterocycles. The standard InChI is InChI=1S/C21H18FN3O5S/c1-3-30-21(29)18-10(2)17-19(31-18)23-9-25(20(17)28)8-15(26)12-6-11-4-5-16(27)24-14(11)7-13(12)22/h6-7,9H,3-5,8H2,1-2H3,(H,24,27). The van der Waals surface area contributed by atoms with E-state index in [1.54, 1.807) is 13.8 Å². The van der Waals surface area contributed by atoms with Crippen molar-refractivity contribution < 1.29 is 23.5 Å². The zero-order chi connectivity index (χ0) is 22.3. The Bertz CT molecular complexity index is 1310. The molecular weight excluding hydrogens is 425 g/mol. The Labute approximate surface area is 179 Å². The summed E-state index contributed by atoms with van der Waals surface area (Å²) in [4.78, 5) is 54.1. The Hall–Kier alpha value is -3.40. The van der Waals surface area contributed by atoms with Crippen LogP contribution in [-0.2, 0) is 22.5 Å². The van der Waals surface area contributed by atoms with Crippen molar-refractivity contribution in [2.75, 3.05) is 11.9 Å². The van der Waals surface area contributed by atoms with Gasteiger partial charge in [0.25, 0.3) is 5.56 Å². The fraction of sp³-hybridized carbons (Fsp3) is 0.286. The summed E-state index contributed by atoms with van der Waals surface area (Å²) in [7, 11) is 0. The number of aryl methyl sites for hydroxylation is 2. The average molecular weight is 443 g/mol. The minimum atomic E-state index is -0.774. The topological polar surface area (TPSA) is 107 Å². The summed E-state index contributed by atoms with van der Waals surface area (Å²) < 4.78 is 20.6. The number of amides is 1. The smallest absolute Gasteiger partial charge is 0.348 e. The van der Waals surface area contributed by atoms with Crippen LogP contribution in [0.2, 0.25) is 0 Å². The third kappa shape index (κ3) is 3.74. The normalized spacial score (nSPS) is 13.1. The lowest BCUT2D eigenvalue weighted by Crippen LogP contribution is -2.26. The molecule has 10 heteroatoms. The molecule has 0 aliphatic carbocycles. The second-order valence-electron chi connectivity index (χ2n) is 7.09. The van der Waals surface area contributed by atoms with E-state index < -0.39 is 29.7 Å². The lowest BCUT2D eigenvalue weighted by Gasteiger charge is -2.18. The monoisotopic (exact) mass is 443 g/mol. The number of Topliss-reactive ketones (excluding diaryl/α,β-unsaturated/α-hetero) is 1. The van der Waals surface area contributed by atoms with Crippen molar-refractivity contribution in [2.45, 2.75) is 33.2 Å². The third-order valence-corrected chi connectivity index (χ3v) is 6.26. The predicted molar refractivity (Wildman–Crippen MR) is 112 cm³/mol. The molecule has 1 amide bonds. The van der Waals surface area contributed by atoms with Crippen molar-refractivity contribution in [1.82, 2.24) is 9.55 Å². The number of ketones is 1. The summed E-state index contributed by atoms with van der Waals surface area (Å²) in [6.45, 7) is 3.10. The summed E-state index contributed by atoms with van der Waals surface area (Å²) >= 11 is 1.05. The van der Waals surface area contributed by atoms with Gasteiger partial charge < -0.3 is 10.1 Å². The molecule has 1 aliphatic heterocycles.